The van der Waals surface area contributed by atoms with Crippen LogP contribution in [0.15, 0.2) is 64.1 Å². The van der Waals surface area contributed by atoms with Crippen LogP contribution in [0.2, 0.25) is 0 Å². The van der Waals surface area contributed by atoms with Crippen molar-refractivity contribution in [2.75, 3.05) is 6.79 Å². The fourth-order valence-electron chi connectivity index (χ4n) is 3.76. The number of nitrogens with two attached hydrogens (primary N) is 2. The molecule has 10 heteroatoms. The van der Waals surface area contributed by atoms with Gasteiger partial charge in [0.15, 0.2) is 16.7 Å². The van der Waals surface area contributed by atoms with Gasteiger partial charge in [0.2, 0.25) is 12.7 Å². The Bertz CT molecular complexity index is 1490. The first kappa shape index (κ1) is 21.4. The molecule has 1 atom stereocenters. The molecule has 168 valence electrons. The average molecular weight is 471 g/mol. The molecule has 0 saturated carbocycles. The third-order valence-corrected chi connectivity index (χ3v) is 6.62. The normalized spacial score (nSPS) is 16.4. The highest BCUT2D eigenvalue weighted by molar-refractivity contribution is 7.99. The van der Waals surface area contributed by atoms with Gasteiger partial charge in [-0.15, -0.1) is 0 Å². The zero-order chi connectivity index (χ0) is 23.8. The number of benzene rings is 2. The summed E-state index contributed by atoms with van der Waals surface area (Å²) in [5.74, 6) is 0.180. The standard InChI is InChI=1S/C24H17N5O4S/c25-11-15-16(8-6-13-4-2-1-3-5-13)28-24-29(23(15)31)21(26)19(22(27)30)20(34-24)14-7-9-17-18(10-14)33-12-32-17/h1-10,20H,12,26H2,(H2,27,30). The van der Waals surface area contributed by atoms with Crippen molar-refractivity contribution in [2.45, 2.75) is 10.4 Å². The summed E-state index contributed by atoms with van der Waals surface area (Å²) in [6.07, 6.45) is 3.37. The number of ether oxygens (including phenoxy) is 2. The van der Waals surface area contributed by atoms with E-state index < -0.39 is 16.7 Å². The van der Waals surface area contributed by atoms with Crippen LogP contribution in [0.3, 0.4) is 0 Å². The van der Waals surface area contributed by atoms with Gasteiger partial charge in [-0.3, -0.25) is 9.59 Å². The molecule has 2 aromatic carbocycles. The number of hydrogen-bond donors (Lipinski definition) is 2. The van der Waals surface area contributed by atoms with Crippen LogP contribution in [0.25, 0.3) is 18.0 Å². The number of nitrogens with zero attached hydrogens (tertiary/aromatic N) is 3. The number of primary amides is 1. The van der Waals surface area contributed by atoms with E-state index in [1.54, 1.807) is 30.4 Å². The topological polar surface area (TPSA) is 146 Å². The van der Waals surface area contributed by atoms with Gasteiger partial charge in [-0.05, 0) is 29.3 Å². The molecular weight excluding hydrogens is 454 g/mol. The number of rotatable bonds is 4. The number of carbonyl (C=O) groups is 1. The number of hydrogen-bond acceptors (Lipinski definition) is 8. The number of aromatic nitrogens is 2. The predicted octanol–water partition coefficient (Wildman–Crippen LogP) is 2.47. The second-order valence-corrected chi connectivity index (χ2v) is 8.50. The minimum Gasteiger partial charge on any atom is -0.454 e. The Hall–Kier alpha value is -4.49. The first-order chi connectivity index (χ1) is 16.5. The summed E-state index contributed by atoms with van der Waals surface area (Å²) in [6, 6.07) is 16.6. The van der Waals surface area contributed by atoms with Crippen LogP contribution >= 0.6 is 11.8 Å². The molecular formula is C24H17N5O4S. The van der Waals surface area contributed by atoms with Crippen LogP contribution in [0.5, 0.6) is 11.5 Å². The van der Waals surface area contributed by atoms with Crippen LogP contribution in [0.4, 0.5) is 0 Å². The second-order valence-electron chi connectivity index (χ2n) is 7.42. The van der Waals surface area contributed by atoms with Crippen molar-refractivity contribution < 1.29 is 14.3 Å². The summed E-state index contributed by atoms with van der Waals surface area (Å²) in [7, 11) is 0. The molecule has 2 aliphatic heterocycles. The zero-order valence-electron chi connectivity index (χ0n) is 17.6. The molecule has 4 N–H and O–H groups in total. The Labute approximate surface area is 197 Å². The Kier molecular flexibility index (Phi) is 5.31. The lowest BCUT2D eigenvalue weighted by atomic mass is 10.0. The number of carbonyl (C=O) groups excluding carboxylic acids is 1. The SMILES string of the molecule is N#Cc1c(C=Cc2ccccc2)nc2n(c1=O)C(N)=C(C(N)=O)C(c1ccc3c(c1)OCO3)S2. The van der Waals surface area contributed by atoms with E-state index in [-0.39, 0.29) is 34.6 Å². The van der Waals surface area contributed by atoms with Crippen molar-refractivity contribution in [3.05, 3.63) is 86.8 Å². The lowest BCUT2D eigenvalue weighted by Crippen LogP contribution is -2.35. The van der Waals surface area contributed by atoms with E-state index in [1.165, 1.54) is 0 Å². The smallest absolute Gasteiger partial charge is 0.278 e. The molecule has 9 nitrogen and oxygen atoms in total. The van der Waals surface area contributed by atoms with Crippen LogP contribution in [0.1, 0.15) is 27.6 Å². The summed E-state index contributed by atoms with van der Waals surface area (Å²) in [5.41, 5.74) is 12.9. The van der Waals surface area contributed by atoms with Crippen molar-refractivity contribution in [3.63, 3.8) is 0 Å². The van der Waals surface area contributed by atoms with E-state index in [2.05, 4.69) is 4.98 Å². The maximum Gasteiger partial charge on any atom is 0.278 e. The van der Waals surface area contributed by atoms with E-state index >= 15 is 0 Å². The van der Waals surface area contributed by atoms with Crippen molar-refractivity contribution in [2.24, 2.45) is 11.5 Å². The molecule has 34 heavy (non-hydrogen) atoms. The van der Waals surface area contributed by atoms with E-state index in [0.717, 1.165) is 21.9 Å². The lowest BCUT2D eigenvalue weighted by molar-refractivity contribution is -0.114. The molecule has 0 spiro atoms. The van der Waals surface area contributed by atoms with Gasteiger partial charge in [0.1, 0.15) is 17.5 Å². The van der Waals surface area contributed by atoms with E-state index in [1.807, 2.05) is 36.4 Å². The summed E-state index contributed by atoms with van der Waals surface area (Å²) in [6.45, 7) is 0.102. The third-order valence-electron chi connectivity index (χ3n) is 5.39. The second kappa shape index (κ2) is 8.46. The Morgan fingerprint density at radius 1 is 1.18 bits per heavy atom. The zero-order valence-corrected chi connectivity index (χ0v) is 18.4. The van der Waals surface area contributed by atoms with Crippen molar-refractivity contribution in [3.8, 4) is 17.6 Å². The highest BCUT2D eigenvalue weighted by Crippen LogP contribution is 2.47. The summed E-state index contributed by atoms with van der Waals surface area (Å²) >= 11 is 1.14. The molecule has 0 saturated heterocycles. The van der Waals surface area contributed by atoms with Gasteiger partial charge in [-0.25, -0.2) is 9.55 Å². The van der Waals surface area contributed by atoms with Crippen LogP contribution in [-0.2, 0) is 4.79 Å². The summed E-state index contributed by atoms with van der Waals surface area (Å²) < 4.78 is 11.9. The van der Waals surface area contributed by atoms with Crippen molar-refractivity contribution >= 4 is 35.6 Å². The van der Waals surface area contributed by atoms with Crippen LogP contribution in [0, 0.1) is 11.3 Å². The predicted molar refractivity (Wildman–Crippen MR) is 126 cm³/mol. The largest absolute Gasteiger partial charge is 0.454 e. The fourth-order valence-corrected chi connectivity index (χ4v) is 5.05. The number of nitriles is 1. The molecule has 5 rings (SSSR count). The van der Waals surface area contributed by atoms with Crippen LogP contribution in [-0.4, -0.2) is 22.3 Å². The number of thioether (sulfide) groups is 1. The van der Waals surface area contributed by atoms with E-state index in [4.69, 9.17) is 20.9 Å². The lowest BCUT2D eigenvalue weighted by Gasteiger charge is -2.27. The number of amides is 1. The van der Waals surface area contributed by atoms with Gasteiger partial charge in [-0.2, -0.15) is 5.26 Å². The third kappa shape index (κ3) is 3.58. The molecule has 1 aromatic heterocycles. The highest BCUT2D eigenvalue weighted by Gasteiger charge is 2.35. The van der Waals surface area contributed by atoms with Gasteiger partial charge in [-0.1, -0.05) is 54.2 Å². The maximum absolute atomic E-state index is 13.2. The van der Waals surface area contributed by atoms with Crippen molar-refractivity contribution in [1.82, 2.24) is 9.55 Å². The number of fused-ring (bicyclic) bond motifs is 2. The van der Waals surface area contributed by atoms with Gasteiger partial charge in [0, 0.05) is 0 Å². The fraction of sp³-hybridized carbons (Fsp3) is 0.0833. The molecule has 0 bridgehead atoms. The molecule has 1 unspecified atom stereocenters. The molecule has 0 fully saturated rings. The van der Waals surface area contributed by atoms with Gasteiger partial charge in [0.05, 0.1) is 16.5 Å². The van der Waals surface area contributed by atoms with E-state index in [0.29, 0.717) is 17.1 Å². The van der Waals surface area contributed by atoms with Crippen molar-refractivity contribution in [1.29, 1.82) is 5.26 Å². The van der Waals surface area contributed by atoms with Crippen LogP contribution < -0.4 is 26.5 Å². The molecule has 1 amide bonds. The molecule has 0 radical (unpaired) electrons. The maximum atomic E-state index is 13.2. The van der Waals surface area contributed by atoms with Gasteiger partial charge < -0.3 is 20.9 Å². The molecule has 0 aliphatic carbocycles. The first-order valence-electron chi connectivity index (χ1n) is 10.1. The molecule has 3 heterocycles. The van der Waals surface area contributed by atoms with Gasteiger partial charge >= 0.3 is 0 Å². The Morgan fingerprint density at radius 3 is 2.68 bits per heavy atom. The monoisotopic (exact) mass is 471 g/mol. The van der Waals surface area contributed by atoms with Gasteiger partial charge in [0.25, 0.3) is 5.56 Å². The Morgan fingerprint density at radius 2 is 1.94 bits per heavy atom. The average Bonchev–Trinajstić information content (AvgIpc) is 3.30. The first-order valence-corrected chi connectivity index (χ1v) is 11.0. The Balaban J connectivity index is 1.65. The highest BCUT2D eigenvalue weighted by atomic mass is 32.2. The summed E-state index contributed by atoms with van der Waals surface area (Å²) in [5, 5.41) is 9.26. The molecule has 3 aromatic rings. The summed E-state index contributed by atoms with van der Waals surface area (Å²) in [4.78, 5) is 30.1. The minimum absolute atomic E-state index is 0.0386. The quantitative estimate of drug-likeness (QED) is 0.552. The van der Waals surface area contributed by atoms with E-state index in [9.17, 15) is 14.9 Å². The molecule has 2 aliphatic rings. The minimum atomic E-state index is -0.781.